The van der Waals surface area contributed by atoms with E-state index in [1.54, 1.807) is 0 Å². The average molecular weight is 377 g/mol. The van der Waals surface area contributed by atoms with E-state index in [4.69, 9.17) is 16.3 Å². The minimum atomic E-state index is 0.181. The third kappa shape index (κ3) is 4.24. The second kappa shape index (κ2) is 8.28. The number of hydrogen-bond acceptors (Lipinski definition) is 3. The van der Waals surface area contributed by atoms with E-state index >= 15 is 0 Å². The van der Waals surface area contributed by atoms with Crippen LogP contribution in [0.3, 0.4) is 0 Å². The molecule has 4 nitrogen and oxygen atoms in total. The molecule has 2 saturated carbocycles. The highest BCUT2D eigenvalue weighted by molar-refractivity contribution is 6.30. The third-order valence-corrected chi connectivity index (χ3v) is 6.82. The van der Waals surface area contributed by atoms with Gasteiger partial charge in [-0.25, -0.2) is 0 Å². The molecule has 4 rings (SSSR count). The second-order valence-corrected chi connectivity index (χ2v) is 8.60. The van der Waals surface area contributed by atoms with E-state index in [0.29, 0.717) is 18.9 Å². The van der Waals surface area contributed by atoms with Gasteiger partial charge in [-0.3, -0.25) is 9.69 Å². The predicted molar refractivity (Wildman–Crippen MR) is 103 cm³/mol. The van der Waals surface area contributed by atoms with Gasteiger partial charge in [-0.2, -0.15) is 0 Å². The Balaban J connectivity index is 1.36. The number of carbonyl (C=O) groups is 1. The quantitative estimate of drug-likeness (QED) is 0.823. The van der Waals surface area contributed by atoms with Gasteiger partial charge in [0.05, 0.1) is 19.3 Å². The smallest absolute Gasteiger partial charge is 0.220 e. The fourth-order valence-corrected chi connectivity index (χ4v) is 5.31. The molecule has 0 radical (unpaired) electrons. The summed E-state index contributed by atoms with van der Waals surface area (Å²) in [7, 11) is 0. The molecule has 1 N–H and O–H groups in total. The van der Waals surface area contributed by atoms with Crippen LogP contribution in [0.2, 0.25) is 5.02 Å². The van der Waals surface area contributed by atoms with Crippen LogP contribution in [0, 0.1) is 17.8 Å². The van der Waals surface area contributed by atoms with Gasteiger partial charge in [0.1, 0.15) is 0 Å². The first-order chi connectivity index (χ1) is 12.7. The Kier molecular flexibility index (Phi) is 5.82. The molecule has 3 fully saturated rings. The monoisotopic (exact) mass is 376 g/mol. The number of nitrogens with one attached hydrogen (secondary N) is 1. The van der Waals surface area contributed by atoms with Crippen molar-refractivity contribution >= 4 is 17.5 Å². The van der Waals surface area contributed by atoms with Gasteiger partial charge in [-0.15, -0.1) is 0 Å². The SMILES string of the molecule is O=C(CC1CC2CCC1C2)NCC(c1ccc(Cl)cc1)N1CCOCC1. The maximum Gasteiger partial charge on any atom is 0.220 e. The Morgan fingerprint density at radius 3 is 2.62 bits per heavy atom. The lowest BCUT2D eigenvalue weighted by molar-refractivity contribution is -0.122. The number of nitrogens with zero attached hydrogens (tertiary/aromatic N) is 1. The first-order valence-electron chi connectivity index (χ1n) is 10.0. The van der Waals surface area contributed by atoms with Crippen molar-refractivity contribution in [2.24, 2.45) is 17.8 Å². The van der Waals surface area contributed by atoms with E-state index in [-0.39, 0.29) is 11.9 Å². The van der Waals surface area contributed by atoms with Crippen LogP contribution in [0.15, 0.2) is 24.3 Å². The average Bonchev–Trinajstić information content (AvgIpc) is 3.27. The van der Waals surface area contributed by atoms with Crippen LogP contribution >= 0.6 is 11.6 Å². The summed E-state index contributed by atoms with van der Waals surface area (Å²) in [6.07, 6.45) is 6.06. The van der Waals surface area contributed by atoms with Crippen LogP contribution in [-0.4, -0.2) is 43.7 Å². The molecule has 3 aliphatic rings. The molecule has 4 atom stereocenters. The molecule has 142 valence electrons. The van der Waals surface area contributed by atoms with E-state index in [2.05, 4.69) is 22.3 Å². The molecule has 1 amide bonds. The zero-order valence-electron chi connectivity index (χ0n) is 15.3. The Bertz CT molecular complexity index is 615. The zero-order chi connectivity index (χ0) is 17.9. The van der Waals surface area contributed by atoms with E-state index < -0.39 is 0 Å². The van der Waals surface area contributed by atoms with Gasteiger partial charge in [-0.1, -0.05) is 30.2 Å². The van der Waals surface area contributed by atoms with Gasteiger partial charge in [0.2, 0.25) is 5.91 Å². The van der Waals surface area contributed by atoms with Crippen LogP contribution in [0.4, 0.5) is 0 Å². The lowest BCUT2D eigenvalue weighted by Crippen LogP contribution is -2.44. The Hall–Kier alpha value is -1.10. The van der Waals surface area contributed by atoms with Crippen LogP contribution in [0.1, 0.15) is 43.7 Å². The van der Waals surface area contributed by atoms with Gasteiger partial charge < -0.3 is 10.1 Å². The summed E-state index contributed by atoms with van der Waals surface area (Å²) in [6, 6.07) is 8.19. The van der Waals surface area contributed by atoms with Crippen molar-refractivity contribution in [2.75, 3.05) is 32.8 Å². The number of hydrogen-bond donors (Lipinski definition) is 1. The number of rotatable bonds is 6. The van der Waals surface area contributed by atoms with E-state index in [0.717, 1.165) is 43.2 Å². The summed E-state index contributed by atoms with van der Waals surface area (Å²) >= 11 is 6.05. The van der Waals surface area contributed by atoms with Gasteiger partial charge in [0, 0.05) is 31.1 Å². The summed E-state index contributed by atoms with van der Waals surface area (Å²) in [4.78, 5) is 15.0. The second-order valence-electron chi connectivity index (χ2n) is 8.16. The molecule has 1 aromatic carbocycles. The van der Waals surface area contributed by atoms with Gasteiger partial charge in [0.15, 0.2) is 0 Å². The van der Waals surface area contributed by atoms with E-state index in [1.807, 2.05) is 12.1 Å². The Morgan fingerprint density at radius 2 is 1.96 bits per heavy atom. The maximum absolute atomic E-state index is 12.6. The molecule has 1 aromatic rings. The number of halogens is 1. The van der Waals surface area contributed by atoms with Crippen LogP contribution in [-0.2, 0) is 9.53 Å². The summed E-state index contributed by atoms with van der Waals surface area (Å²) in [6.45, 7) is 3.96. The summed E-state index contributed by atoms with van der Waals surface area (Å²) in [5.41, 5.74) is 1.21. The molecule has 1 saturated heterocycles. The third-order valence-electron chi connectivity index (χ3n) is 6.57. The lowest BCUT2D eigenvalue weighted by atomic mass is 9.86. The largest absolute Gasteiger partial charge is 0.379 e. The summed E-state index contributed by atoms with van der Waals surface area (Å²) in [5.74, 6) is 2.53. The molecule has 26 heavy (non-hydrogen) atoms. The minimum Gasteiger partial charge on any atom is -0.379 e. The van der Waals surface area contributed by atoms with Crippen LogP contribution in [0.25, 0.3) is 0 Å². The number of ether oxygens (including phenoxy) is 1. The first kappa shape index (κ1) is 18.3. The van der Waals surface area contributed by atoms with Crippen molar-refractivity contribution in [3.63, 3.8) is 0 Å². The molecule has 1 heterocycles. The van der Waals surface area contributed by atoms with Crippen LogP contribution < -0.4 is 5.32 Å². The van der Waals surface area contributed by atoms with Crippen molar-refractivity contribution in [2.45, 2.75) is 38.1 Å². The van der Waals surface area contributed by atoms with Gasteiger partial charge >= 0.3 is 0 Å². The predicted octanol–water partition coefficient (Wildman–Crippen LogP) is 3.66. The Labute approximate surface area is 161 Å². The van der Waals surface area contributed by atoms with Crippen molar-refractivity contribution in [1.29, 1.82) is 0 Å². The van der Waals surface area contributed by atoms with E-state index in [9.17, 15) is 4.79 Å². The molecule has 2 aliphatic carbocycles. The molecule has 5 heteroatoms. The maximum atomic E-state index is 12.6. The molecular formula is C21H29ClN2O2. The molecule has 0 spiro atoms. The fraction of sp³-hybridized carbons (Fsp3) is 0.667. The number of morpholine rings is 1. The fourth-order valence-electron chi connectivity index (χ4n) is 5.18. The summed E-state index contributed by atoms with van der Waals surface area (Å²) < 4.78 is 5.50. The van der Waals surface area contributed by atoms with Gasteiger partial charge in [-0.05, 0) is 54.7 Å². The Morgan fingerprint density at radius 1 is 1.19 bits per heavy atom. The van der Waals surface area contributed by atoms with Crippen molar-refractivity contribution in [3.8, 4) is 0 Å². The number of benzene rings is 1. The highest BCUT2D eigenvalue weighted by Crippen LogP contribution is 2.49. The topological polar surface area (TPSA) is 41.6 Å². The molecular weight excluding hydrogens is 348 g/mol. The highest BCUT2D eigenvalue weighted by atomic mass is 35.5. The van der Waals surface area contributed by atoms with Gasteiger partial charge in [0.25, 0.3) is 0 Å². The van der Waals surface area contributed by atoms with Crippen molar-refractivity contribution < 1.29 is 9.53 Å². The van der Waals surface area contributed by atoms with Crippen molar-refractivity contribution in [3.05, 3.63) is 34.9 Å². The first-order valence-corrected chi connectivity index (χ1v) is 10.4. The molecule has 2 bridgehead atoms. The van der Waals surface area contributed by atoms with Crippen LogP contribution in [0.5, 0.6) is 0 Å². The van der Waals surface area contributed by atoms with Crippen molar-refractivity contribution in [1.82, 2.24) is 10.2 Å². The minimum absolute atomic E-state index is 0.181. The highest BCUT2D eigenvalue weighted by Gasteiger charge is 2.40. The zero-order valence-corrected chi connectivity index (χ0v) is 16.1. The lowest BCUT2D eigenvalue weighted by Gasteiger charge is -2.35. The number of amides is 1. The number of fused-ring (bicyclic) bond motifs is 2. The summed E-state index contributed by atoms with van der Waals surface area (Å²) in [5, 5.41) is 3.97. The normalized spacial score (nSPS) is 29.7. The van der Waals surface area contributed by atoms with E-state index in [1.165, 1.54) is 31.2 Å². The molecule has 1 aliphatic heterocycles. The molecule has 4 unspecified atom stereocenters. The molecule has 0 aromatic heterocycles. The number of carbonyl (C=O) groups excluding carboxylic acids is 1. The standard InChI is InChI=1S/C21H29ClN2O2/c22-19-5-3-16(4-6-19)20(24-7-9-26-10-8-24)14-23-21(25)13-18-12-15-1-2-17(18)11-15/h3-6,15,17-18,20H,1-2,7-14H2,(H,23,25).